The number of aromatic nitrogens is 1. The Morgan fingerprint density at radius 3 is 3.08 bits per heavy atom. The van der Waals surface area contributed by atoms with Crippen molar-refractivity contribution in [2.45, 2.75) is 4.34 Å². The minimum atomic E-state index is 0.694. The zero-order valence-corrected chi connectivity index (χ0v) is 8.49. The van der Waals surface area contributed by atoms with Gasteiger partial charge in [0.05, 0.1) is 16.0 Å². The second-order valence-electron chi connectivity index (χ2n) is 2.44. The van der Waals surface area contributed by atoms with Gasteiger partial charge in [-0.3, -0.25) is 0 Å². The molecule has 0 N–H and O–H groups in total. The molecule has 0 bridgehead atoms. The van der Waals surface area contributed by atoms with Crippen molar-refractivity contribution in [1.82, 2.24) is 4.98 Å². The first-order chi connectivity index (χ1) is 6.40. The van der Waals surface area contributed by atoms with Crippen LogP contribution in [0.2, 0.25) is 0 Å². The van der Waals surface area contributed by atoms with Crippen molar-refractivity contribution in [2.75, 3.05) is 5.75 Å². The van der Waals surface area contributed by atoms with E-state index in [1.165, 1.54) is 4.70 Å². The third kappa shape index (κ3) is 1.85. The predicted molar refractivity (Wildman–Crippen MR) is 59.2 cm³/mol. The lowest BCUT2D eigenvalue weighted by atomic mass is 10.3. The maximum absolute atomic E-state index is 5.18. The molecule has 0 aliphatic rings. The third-order valence-electron chi connectivity index (χ3n) is 1.55. The van der Waals surface area contributed by atoms with Crippen LogP contribution in [0.25, 0.3) is 10.2 Å². The Balaban J connectivity index is 2.34. The molecule has 0 amide bonds. The van der Waals surface area contributed by atoms with Crippen LogP contribution in [-0.2, 0) is 0 Å². The van der Waals surface area contributed by atoms with Gasteiger partial charge in [-0.15, -0.1) is 17.8 Å². The molecule has 1 nitrogen and oxygen atoms in total. The molecule has 3 heteroatoms. The second-order valence-corrected chi connectivity index (χ2v) is 4.69. The Kier molecular flexibility index (Phi) is 2.53. The lowest BCUT2D eigenvalue weighted by Crippen LogP contribution is -1.70. The van der Waals surface area contributed by atoms with Gasteiger partial charge in [-0.05, 0) is 12.1 Å². The number of terminal acetylenes is 1. The van der Waals surface area contributed by atoms with E-state index >= 15 is 0 Å². The van der Waals surface area contributed by atoms with Gasteiger partial charge >= 0.3 is 0 Å². The Morgan fingerprint density at radius 2 is 2.31 bits per heavy atom. The van der Waals surface area contributed by atoms with Crippen molar-refractivity contribution in [3.8, 4) is 12.3 Å². The number of thiazole rings is 1. The largest absolute Gasteiger partial charge is 0.230 e. The highest BCUT2D eigenvalue weighted by Crippen LogP contribution is 2.28. The Morgan fingerprint density at radius 1 is 1.46 bits per heavy atom. The van der Waals surface area contributed by atoms with Gasteiger partial charge in [0.25, 0.3) is 0 Å². The molecule has 64 valence electrons. The molecule has 2 aromatic rings. The fraction of sp³-hybridized carbons (Fsp3) is 0.100. The highest BCUT2D eigenvalue weighted by Gasteiger charge is 2.01. The molecule has 2 rings (SSSR count). The first kappa shape index (κ1) is 8.61. The zero-order chi connectivity index (χ0) is 9.10. The van der Waals surface area contributed by atoms with Gasteiger partial charge in [0, 0.05) is 0 Å². The summed E-state index contributed by atoms with van der Waals surface area (Å²) < 4.78 is 2.28. The fourth-order valence-electron chi connectivity index (χ4n) is 1.02. The van der Waals surface area contributed by atoms with E-state index in [9.17, 15) is 0 Å². The summed E-state index contributed by atoms with van der Waals surface area (Å²) in [5, 5.41) is 0. The Labute approximate surface area is 85.2 Å². The fourth-order valence-corrected chi connectivity index (χ4v) is 2.76. The van der Waals surface area contributed by atoms with Gasteiger partial charge in [0.15, 0.2) is 4.34 Å². The standard InChI is InChI=1S/C10H7NS2/c1-2-7-12-10-11-8-5-3-4-6-9(8)13-10/h1,3-6H,7H2. The minimum Gasteiger partial charge on any atom is -0.230 e. The maximum Gasteiger partial charge on any atom is 0.152 e. The molecular formula is C10H7NS2. The summed E-state index contributed by atoms with van der Waals surface area (Å²) in [5.41, 5.74) is 1.06. The number of para-hydroxylation sites is 1. The van der Waals surface area contributed by atoms with Crippen molar-refractivity contribution in [2.24, 2.45) is 0 Å². The van der Waals surface area contributed by atoms with Gasteiger partial charge in [0.2, 0.25) is 0 Å². The summed E-state index contributed by atoms with van der Waals surface area (Å²) in [5.74, 6) is 3.28. The van der Waals surface area contributed by atoms with E-state index in [2.05, 4.69) is 17.0 Å². The first-order valence-electron chi connectivity index (χ1n) is 3.82. The molecule has 1 aromatic carbocycles. The summed E-state index contributed by atoms with van der Waals surface area (Å²) in [6.07, 6.45) is 5.18. The summed E-state index contributed by atoms with van der Waals surface area (Å²) in [6.45, 7) is 0. The van der Waals surface area contributed by atoms with Crippen LogP contribution in [0.5, 0.6) is 0 Å². The number of rotatable bonds is 2. The zero-order valence-electron chi connectivity index (χ0n) is 6.86. The molecule has 13 heavy (non-hydrogen) atoms. The van der Waals surface area contributed by atoms with E-state index in [0.29, 0.717) is 5.75 Å². The number of hydrogen-bond acceptors (Lipinski definition) is 3. The lowest BCUT2D eigenvalue weighted by molar-refractivity contribution is 1.31. The van der Waals surface area contributed by atoms with E-state index in [4.69, 9.17) is 6.42 Å². The Hall–Kier alpha value is -0.980. The molecule has 0 saturated heterocycles. The smallest absolute Gasteiger partial charge is 0.152 e. The van der Waals surface area contributed by atoms with Gasteiger partial charge in [-0.2, -0.15) is 0 Å². The quantitative estimate of drug-likeness (QED) is 0.552. The van der Waals surface area contributed by atoms with Crippen LogP contribution in [0.3, 0.4) is 0 Å². The average Bonchev–Trinajstić information content (AvgIpc) is 2.57. The molecule has 0 unspecified atom stereocenters. The van der Waals surface area contributed by atoms with Crippen LogP contribution >= 0.6 is 23.1 Å². The van der Waals surface area contributed by atoms with E-state index in [0.717, 1.165) is 9.86 Å². The van der Waals surface area contributed by atoms with E-state index in [-0.39, 0.29) is 0 Å². The SMILES string of the molecule is C#CCSc1nc2ccccc2s1. The maximum atomic E-state index is 5.18. The van der Waals surface area contributed by atoms with Crippen molar-refractivity contribution in [1.29, 1.82) is 0 Å². The van der Waals surface area contributed by atoms with Gasteiger partial charge in [-0.1, -0.05) is 29.8 Å². The number of thioether (sulfide) groups is 1. The summed E-state index contributed by atoms with van der Waals surface area (Å²) in [6, 6.07) is 8.12. The van der Waals surface area contributed by atoms with Crippen LogP contribution < -0.4 is 0 Å². The van der Waals surface area contributed by atoms with E-state index in [1.54, 1.807) is 23.1 Å². The lowest BCUT2D eigenvalue weighted by Gasteiger charge is -1.84. The van der Waals surface area contributed by atoms with Crippen LogP contribution in [-0.4, -0.2) is 10.7 Å². The molecule has 0 aliphatic carbocycles. The summed E-state index contributed by atoms with van der Waals surface area (Å²) >= 11 is 3.31. The van der Waals surface area contributed by atoms with Gasteiger partial charge in [0.1, 0.15) is 0 Å². The third-order valence-corrected chi connectivity index (χ3v) is 3.64. The molecule has 0 spiro atoms. The van der Waals surface area contributed by atoms with Crippen molar-refractivity contribution in [3.63, 3.8) is 0 Å². The van der Waals surface area contributed by atoms with E-state index in [1.807, 2.05) is 18.2 Å². The molecule has 0 saturated carbocycles. The number of fused-ring (bicyclic) bond motifs is 1. The molecule has 1 heterocycles. The molecular weight excluding hydrogens is 198 g/mol. The minimum absolute atomic E-state index is 0.694. The average molecular weight is 205 g/mol. The number of hydrogen-bond donors (Lipinski definition) is 0. The highest BCUT2D eigenvalue weighted by atomic mass is 32.2. The van der Waals surface area contributed by atoms with Crippen LogP contribution in [0.4, 0.5) is 0 Å². The van der Waals surface area contributed by atoms with Crippen LogP contribution in [0.15, 0.2) is 28.6 Å². The molecule has 0 radical (unpaired) electrons. The summed E-state index contributed by atoms with van der Waals surface area (Å²) in [7, 11) is 0. The van der Waals surface area contributed by atoms with Crippen molar-refractivity contribution >= 4 is 33.3 Å². The topological polar surface area (TPSA) is 12.9 Å². The highest BCUT2D eigenvalue weighted by molar-refractivity contribution is 8.01. The Bertz CT molecular complexity index is 420. The predicted octanol–water partition coefficient (Wildman–Crippen LogP) is 3.02. The van der Waals surface area contributed by atoms with Crippen molar-refractivity contribution < 1.29 is 0 Å². The van der Waals surface area contributed by atoms with Crippen LogP contribution in [0, 0.1) is 12.3 Å². The summed E-state index contributed by atoms with van der Waals surface area (Å²) in [4.78, 5) is 4.44. The van der Waals surface area contributed by atoms with Crippen molar-refractivity contribution in [3.05, 3.63) is 24.3 Å². The number of benzene rings is 1. The normalized spacial score (nSPS) is 10.1. The first-order valence-corrected chi connectivity index (χ1v) is 5.62. The molecule has 0 fully saturated rings. The molecule has 0 aliphatic heterocycles. The molecule has 0 atom stereocenters. The van der Waals surface area contributed by atoms with Gasteiger partial charge < -0.3 is 0 Å². The monoisotopic (exact) mass is 205 g/mol. The van der Waals surface area contributed by atoms with Crippen LogP contribution in [0.1, 0.15) is 0 Å². The second kappa shape index (κ2) is 3.82. The van der Waals surface area contributed by atoms with E-state index < -0.39 is 0 Å². The van der Waals surface area contributed by atoms with Gasteiger partial charge in [-0.25, -0.2) is 4.98 Å². The number of nitrogens with zero attached hydrogens (tertiary/aromatic N) is 1. The molecule has 1 aromatic heterocycles.